The number of halogens is 1. The van der Waals surface area contributed by atoms with E-state index in [1.807, 2.05) is 60.8 Å². The van der Waals surface area contributed by atoms with Crippen molar-refractivity contribution in [2.75, 3.05) is 6.61 Å². The van der Waals surface area contributed by atoms with Gasteiger partial charge < -0.3 is 4.74 Å². The van der Waals surface area contributed by atoms with Crippen molar-refractivity contribution in [3.8, 4) is 16.9 Å². The van der Waals surface area contributed by atoms with E-state index in [1.165, 1.54) is 16.9 Å². The Labute approximate surface area is 169 Å². The number of ether oxygens (including phenoxy) is 1. The third-order valence-electron chi connectivity index (χ3n) is 4.34. The first-order valence-electron chi connectivity index (χ1n) is 8.54. The van der Waals surface area contributed by atoms with Crippen LogP contribution in [0.15, 0.2) is 69.5 Å². The molecule has 4 rings (SSSR count). The maximum atomic E-state index is 13.0. The van der Waals surface area contributed by atoms with Gasteiger partial charge >= 0.3 is 0 Å². The van der Waals surface area contributed by atoms with Crippen LogP contribution in [0.25, 0.3) is 21.3 Å². The van der Waals surface area contributed by atoms with Gasteiger partial charge in [-0.15, -0.1) is 11.3 Å². The summed E-state index contributed by atoms with van der Waals surface area (Å²) in [6, 6.07) is 15.8. The van der Waals surface area contributed by atoms with Crippen LogP contribution in [0.4, 0.5) is 0 Å². The minimum Gasteiger partial charge on any atom is -0.492 e. The molecule has 27 heavy (non-hydrogen) atoms. The number of hydrogen-bond acceptors (Lipinski definition) is 4. The van der Waals surface area contributed by atoms with Crippen LogP contribution in [0.5, 0.6) is 5.75 Å². The van der Waals surface area contributed by atoms with Gasteiger partial charge in [0.25, 0.3) is 5.56 Å². The zero-order valence-electron chi connectivity index (χ0n) is 14.7. The summed E-state index contributed by atoms with van der Waals surface area (Å²) in [7, 11) is 0. The van der Waals surface area contributed by atoms with Gasteiger partial charge in [0.1, 0.15) is 17.2 Å². The molecule has 0 amide bonds. The molecule has 0 saturated heterocycles. The van der Waals surface area contributed by atoms with Gasteiger partial charge in [0, 0.05) is 15.4 Å². The Balaban J connectivity index is 1.59. The average molecular weight is 441 g/mol. The number of benzene rings is 2. The molecule has 0 N–H and O–H groups in total. The van der Waals surface area contributed by atoms with Crippen molar-refractivity contribution in [2.45, 2.75) is 13.5 Å². The topological polar surface area (TPSA) is 44.1 Å². The highest BCUT2D eigenvalue weighted by Gasteiger charge is 2.13. The van der Waals surface area contributed by atoms with E-state index in [2.05, 4.69) is 20.9 Å². The molecule has 2 aromatic carbocycles. The van der Waals surface area contributed by atoms with Crippen LogP contribution in [0, 0.1) is 6.92 Å². The van der Waals surface area contributed by atoms with Crippen molar-refractivity contribution >= 4 is 37.5 Å². The minimum atomic E-state index is -0.0355. The van der Waals surface area contributed by atoms with Gasteiger partial charge in [-0.2, -0.15) is 0 Å². The lowest BCUT2D eigenvalue weighted by molar-refractivity contribution is 0.296. The molecule has 2 aromatic heterocycles. The van der Waals surface area contributed by atoms with E-state index >= 15 is 0 Å². The smallest absolute Gasteiger partial charge is 0.262 e. The second kappa shape index (κ2) is 7.66. The molecule has 6 heteroatoms. The Bertz CT molecular complexity index is 1130. The van der Waals surface area contributed by atoms with Crippen LogP contribution in [0.2, 0.25) is 0 Å². The first kappa shape index (κ1) is 17.9. The molecule has 0 spiro atoms. The molecule has 4 aromatic rings. The van der Waals surface area contributed by atoms with E-state index in [1.54, 1.807) is 10.9 Å². The summed E-state index contributed by atoms with van der Waals surface area (Å²) in [5, 5.41) is 2.66. The maximum absolute atomic E-state index is 13.0. The third-order valence-corrected chi connectivity index (χ3v) is 5.75. The fraction of sp³-hybridized carbons (Fsp3) is 0.143. The van der Waals surface area contributed by atoms with E-state index in [4.69, 9.17) is 4.74 Å². The van der Waals surface area contributed by atoms with Crippen molar-refractivity contribution in [1.82, 2.24) is 9.55 Å². The Morgan fingerprint density at radius 1 is 1.11 bits per heavy atom. The van der Waals surface area contributed by atoms with Gasteiger partial charge in [0.05, 0.1) is 18.3 Å². The van der Waals surface area contributed by atoms with Gasteiger partial charge in [-0.05, 0) is 36.8 Å². The molecule has 0 saturated carbocycles. The Hall–Kier alpha value is -2.44. The zero-order valence-corrected chi connectivity index (χ0v) is 17.1. The number of fused-ring (bicyclic) bond motifs is 1. The van der Waals surface area contributed by atoms with E-state index in [9.17, 15) is 4.79 Å². The Kier molecular flexibility index (Phi) is 5.09. The SMILES string of the molecule is Cc1ccc(OCCn2cnc3scc(-c4ccc(Br)cc4)c3c2=O)cc1. The summed E-state index contributed by atoms with van der Waals surface area (Å²) >= 11 is 4.94. The number of hydrogen-bond donors (Lipinski definition) is 0. The molecule has 0 aliphatic heterocycles. The number of nitrogens with zero attached hydrogens (tertiary/aromatic N) is 2. The van der Waals surface area contributed by atoms with Crippen molar-refractivity contribution in [1.29, 1.82) is 0 Å². The summed E-state index contributed by atoms with van der Waals surface area (Å²) in [6.07, 6.45) is 1.60. The molecule has 0 bridgehead atoms. The molecule has 0 atom stereocenters. The van der Waals surface area contributed by atoms with Crippen LogP contribution in [0.1, 0.15) is 5.56 Å². The lowest BCUT2D eigenvalue weighted by Gasteiger charge is -2.09. The molecule has 2 heterocycles. The summed E-state index contributed by atoms with van der Waals surface area (Å²) in [6.45, 7) is 2.90. The predicted molar refractivity (Wildman–Crippen MR) is 114 cm³/mol. The zero-order chi connectivity index (χ0) is 18.8. The van der Waals surface area contributed by atoms with Crippen molar-refractivity contribution in [3.63, 3.8) is 0 Å². The predicted octanol–water partition coefficient (Wildman–Crippen LogP) is 5.27. The van der Waals surface area contributed by atoms with Gasteiger partial charge in [-0.1, -0.05) is 45.8 Å². The average Bonchev–Trinajstić information content (AvgIpc) is 3.11. The molecule has 0 aliphatic rings. The molecule has 136 valence electrons. The fourth-order valence-electron chi connectivity index (χ4n) is 2.87. The van der Waals surface area contributed by atoms with Crippen LogP contribution in [-0.4, -0.2) is 16.2 Å². The standard InChI is InChI=1S/C21H17BrN2O2S/c1-14-2-8-17(9-3-14)26-11-10-24-13-23-20-19(21(24)25)18(12-27-20)15-4-6-16(22)7-5-15/h2-9,12-13H,10-11H2,1H3. The normalized spacial score (nSPS) is 11.0. The second-order valence-corrected chi connectivity index (χ2v) is 8.01. The van der Waals surface area contributed by atoms with Crippen molar-refractivity contribution in [2.24, 2.45) is 0 Å². The van der Waals surface area contributed by atoms with E-state index in [0.29, 0.717) is 18.5 Å². The monoisotopic (exact) mass is 440 g/mol. The first-order chi connectivity index (χ1) is 13.1. The summed E-state index contributed by atoms with van der Waals surface area (Å²) in [5.74, 6) is 0.800. The first-order valence-corrected chi connectivity index (χ1v) is 10.2. The quantitative estimate of drug-likeness (QED) is 0.424. The van der Waals surface area contributed by atoms with Crippen molar-refractivity contribution in [3.05, 3.63) is 80.6 Å². The van der Waals surface area contributed by atoms with Crippen LogP contribution in [-0.2, 0) is 6.54 Å². The van der Waals surface area contributed by atoms with E-state index in [-0.39, 0.29) is 5.56 Å². The van der Waals surface area contributed by atoms with E-state index < -0.39 is 0 Å². The van der Waals surface area contributed by atoms with Crippen LogP contribution in [0.3, 0.4) is 0 Å². The van der Waals surface area contributed by atoms with Gasteiger partial charge in [0.15, 0.2) is 0 Å². The highest BCUT2D eigenvalue weighted by molar-refractivity contribution is 9.10. The molecule has 4 nitrogen and oxygen atoms in total. The lowest BCUT2D eigenvalue weighted by Crippen LogP contribution is -2.23. The number of aromatic nitrogens is 2. The molecular formula is C21H17BrN2O2S. The van der Waals surface area contributed by atoms with Crippen LogP contribution >= 0.6 is 27.3 Å². The highest BCUT2D eigenvalue weighted by Crippen LogP contribution is 2.31. The number of thiophene rings is 1. The lowest BCUT2D eigenvalue weighted by atomic mass is 10.1. The van der Waals surface area contributed by atoms with Gasteiger partial charge in [-0.25, -0.2) is 4.98 Å². The fourth-order valence-corrected chi connectivity index (χ4v) is 4.04. The van der Waals surface area contributed by atoms with Crippen molar-refractivity contribution < 1.29 is 4.74 Å². The Morgan fingerprint density at radius 2 is 1.85 bits per heavy atom. The number of rotatable bonds is 5. The third kappa shape index (κ3) is 3.82. The van der Waals surface area contributed by atoms with Gasteiger partial charge in [-0.3, -0.25) is 9.36 Å². The molecule has 0 unspecified atom stereocenters. The summed E-state index contributed by atoms with van der Waals surface area (Å²) < 4.78 is 8.38. The largest absolute Gasteiger partial charge is 0.492 e. The molecule has 0 fully saturated rings. The maximum Gasteiger partial charge on any atom is 0.262 e. The summed E-state index contributed by atoms with van der Waals surface area (Å²) in [5.41, 5.74) is 3.09. The van der Waals surface area contributed by atoms with Gasteiger partial charge in [0.2, 0.25) is 0 Å². The molecule has 0 radical (unpaired) electrons. The second-order valence-electron chi connectivity index (χ2n) is 6.24. The van der Waals surface area contributed by atoms with Crippen LogP contribution < -0.4 is 10.3 Å². The van der Waals surface area contributed by atoms with E-state index in [0.717, 1.165) is 26.2 Å². The number of aryl methyl sites for hydroxylation is 1. The molecular weight excluding hydrogens is 424 g/mol. The molecule has 0 aliphatic carbocycles. The highest BCUT2D eigenvalue weighted by atomic mass is 79.9. The summed E-state index contributed by atoms with van der Waals surface area (Å²) in [4.78, 5) is 18.2. The Morgan fingerprint density at radius 3 is 2.59 bits per heavy atom. The minimum absolute atomic E-state index is 0.0355.